The van der Waals surface area contributed by atoms with Crippen LogP contribution < -0.4 is 5.73 Å². The molecule has 1 aliphatic heterocycles. The van der Waals surface area contributed by atoms with Gasteiger partial charge in [-0.15, -0.1) is 0 Å². The molecule has 11 nitrogen and oxygen atoms in total. The number of fused-ring (bicyclic) bond motifs is 3. The lowest BCUT2D eigenvalue weighted by Gasteiger charge is -2.53. The second-order valence-corrected chi connectivity index (χ2v) is 13.2. The van der Waals surface area contributed by atoms with Crippen LogP contribution in [0.25, 0.3) is 5.76 Å². The van der Waals surface area contributed by atoms with Gasteiger partial charge in [-0.2, -0.15) is 0 Å². The zero-order valence-corrected chi connectivity index (χ0v) is 24.7. The number of amides is 1. The first-order valence-corrected chi connectivity index (χ1v) is 14.5. The molecule has 1 amide bonds. The van der Waals surface area contributed by atoms with E-state index in [2.05, 4.69) is 4.90 Å². The Balaban J connectivity index is 1.69. The molecule has 0 radical (unpaired) electrons. The highest BCUT2D eigenvalue weighted by Crippen LogP contribution is 2.56. The summed E-state index contributed by atoms with van der Waals surface area (Å²) in [5, 5.41) is 57.9. The van der Waals surface area contributed by atoms with Gasteiger partial charge in [-0.25, -0.2) is 0 Å². The van der Waals surface area contributed by atoms with E-state index in [1.807, 2.05) is 13.8 Å². The highest BCUT2D eigenvalue weighted by atomic mass is 16.4. The van der Waals surface area contributed by atoms with E-state index in [1.54, 1.807) is 19.1 Å². The quantitative estimate of drug-likeness (QED) is 0.276. The molecule has 0 aromatic heterocycles. The van der Waals surface area contributed by atoms with Crippen molar-refractivity contribution in [1.82, 2.24) is 9.80 Å². The van der Waals surface area contributed by atoms with Crippen LogP contribution >= 0.6 is 0 Å². The fourth-order valence-electron chi connectivity index (χ4n) is 7.92. The summed E-state index contributed by atoms with van der Waals surface area (Å²) in [6.45, 7) is 8.31. The zero-order chi connectivity index (χ0) is 31.0. The second kappa shape index (κ2) is 10.2. The first-order chi connectivity index (χ1) is 19.6. The van der Waals surface area contributed by atoms with Gasteiger partial charge in [0.05, 0.1) is 23.6 Å². The summed E-state index contributed by atoms with van der Waals surface area (Å²) in [4.78, 5) is 43.4. The van der Waals surface area contributed by atoms with Gasteiger partial charge >= 0.3 is 0 Å². The first kappa shape index (κ1) is 30.2. The number of aromatic hydroxyl groups is 1. The number of hydrogen-bond donors (Lipinski definition) is 6. The van der Waals surface area contributed by atoms with Gasteiger partial charge in [0.15, 0.2) is 11.4 Å². The van der Waals surface area contributed by atoms with Gasteiger partial charge in [-0.1, -0.05) is 39.3 Å². The molecule has 7 N–H and O–H groups in total. The van der Waals surface area contributed by atoms with Gasteiger partial charge in [0, 0.05) is 29.0 Å². The minimum atomic E-state index is -2.93. The summed E-state index contributed by atoms with van der Waals surface area (Å²) in [5.41, 5.74) is 1.70. The number of rotatable bonds is 5. The van der Waals surface area contributed by atoms with Crippen molar-refractivity contribution in [1.29, 1.82) is 0 Å². The standard InChI is InChI=1S/C31H41N3O8/c1-14-15-9-10-16(30(2,3)13-34-11-7-6-8-12-34)23(35)18(15)24(36)19-17(14)25(37)21-22(33(4)5)26(38)20(29(32)41)28(40)31(21,42)27(19)39/h9-10,14,17,21-22,25,35-37,40,42H,6-8,11-13H2,1-5H3,(H2,32,41)/t14-,17+,21+,22-,25-,31-/m0/s1. The number of phenolic OH excluding ortho intramolecular Hbond substituents is 1. The van der Waals surface area contributed by atoms with E-state index >= 15 is 0 Å². The topological polar surface area (TPSA) is 185 Å². The third kappa shape index (κ3) is 4.12. The number of aliphatic hydroxyl groups is 4. The average Bonchev–Trinajstić information content (AvgIpc) is 2.90. The minimum Gasteiger partial charge on any atom is -0.508 e. The van der Waals surface area contributed by atoms with Gasteiger partial charge in [0.25, 0.3) is 5.91 Å². The van der Waals surface area contributed by atoms with Crippen LogP contribution in [0.3, 0.4) is 0 Å². The van der Waals surface area contributed by atoms with Crippen molar-refractivity contribution in [2.75, 3.05) is 33.7 Å². The molecular formula is C31H41N3O8. The van der Waals surface area contributed by atoms with Gasteiger partial charge < -0.3 is 36.2 Å². The van der Waals surface area contributed by atoms with Crippen LogP contribution in [0.4, 0.5) is 0 Å². The lowest BCUT2D eigenvalue weighted by atomic mass is 9.54. The van der Waals surface area contributed by atoms with E-state index in [-0.39, 0.29) is 16.9 Å². The number of aliphatic hydroxyl groups excluding tert-OH is 3. The molecule has 2 fully saturated rings. The number of ketones is 2. The van der Waals surface area contributed by atoms with Gasteiger partial charge in [-0.3, -0.25) is 19.3 Å². The van der Waals surface area contributed by atoms with Gasteiger partial charge in [0.2, 0.25) is 5.78 Å². The molecule has 1 saturated carbocycles. The predicted octanol–water partition coefficient (Wildman–Crippen LogP) is 1.26. The maximum atomic E-state index is 14.2. The molecule has 0 bridgehead atoms. The second-order valence-electron chi connectivity index (χ2n) is 13.2. The average molecular weight is 584 g/mol. The van der Waals surface area contributed by atoms with Crippen LogP contribution in [0.2, 0.25) is 0 Å². The number of piperidine rings is 1. The molecule has 4 aliphatic rings. The molecule has 11 heteroatoms. The number of phenols is 1. The zero-order valence-electron chi connectivity index (χ0n) is 24.7. The van der Waals surface area contributed by atoms with Crippen molar-refractivity contribution >= 4 is 23.2 Å². The van der Waals surface area contributed by atoms with Crippen LogP contribution in [0, 0.1) is 11.8 Å². The monoisotopic (exact) mass is 583 g/mol. The lowest BCUT2D eigenvalue weighted by molar-refractivity contribution is -0.169. The van der Waals surface area contributed by atoms with Gasteiger partial charge in [0.1, 0.15) is 22.8 Å². The van der Waals surface area contributed by atoms with Crippen molar-refractivity contribution in [2.24, 2.45) is 17.6 Å². The normalized spacial score (nSPS) is 32.1. The number of primary amides is 1. The number of carbonyl (C=O) groups excluding carboxylic acids is 3. The third-order valence-electron chi connectivity index (χ3n) is 9.93. The van der Waals surface area contributed by atoms with E-state index in [1.165, 1.54) is 25.4 Å². The summed E-state index contributed by atoms with van der Waals surface area (Å²) in [6.07, 6.45) is 1.78. The number of carbonyl (C=O) groups is 3. The molecule has 3 aliphatic carbocycles. The molecule has 1 saturated heterocycles. The molecule has 228 valence electrons. The largest absolute Gasteiger partial charge is 0.508 e. The van der Waals surface area contributed by atoms with Crippen LogP contribution in [-0.2, 0) is 19.8 Å². The molecule has 1 aromatic carbocycles. The SMILES string of the molecule is C[C@H]1c2ccc(C(C)(C)CN3CCCCC3)c(O)c2C(O)=C2C(=O)[C@]3(O)C(O)=C(C(N)=O)C(=O)[C@@H](N(C)C)[C@@H]3[C@@H](O)[C@@H]21. The number of likely N-dealkylation sites (tertiary alicyclic amines) is 1. The Kier molecular flexibility index (Phi) is 7.33. The summed E-state index contributed by atoms with van der Waals surface area (Å²) in [7, 11) is 2.96. The van der Waals surface area contributed by atoms with Crippen LogP contribution in [0.5, 0.6) is 5.75 Å². The van der Waals surface area contributed by atoms with Crippen molar-refractivity contribution in [3.05, 3.63) is 45.7 Å². The van der Waals surface area contributed by atoms with Crippen molar-refractivity contribution < 1.29 is 39.9 Å². The number of Topliss-reactive ketones (excluding diaryl/α,β-unsaturated/α-hetero) is 2. The number of nitrogens with zero attached hydrogens (tertiary/aromatic N) is 2. The Hall–Kier alpha value is -3.25. The van der Waals surface area contributed by atoms with Crippen molar-refractivity contribution in [2.45, 2.75) is 69.1 Å². The lowest BCUT2D eigenvalue weighted by Crippen LogP contribution is -2.70. The fraction of sp³-hybridized carbons (Fsp3) is 0.581. The maximum Gasteiger partial charge on any atom is 0.255 e. The Bertz CT molecular complexity index is 1420. The van der Waals surface area contributed by atoms with Crippen LogP contribution in [0.1, 0.15) is 62.6 Å². The smallest absolute Gasteiger partial charge is 0.255 e. The maximum absolute atomic E-state index is 14.2. The van der Waals surface area contributed by atoms with E-state index in [4.69, 9.17) is 5.73 Å². The van der Waals surface area contributed by atoms with Crippen molar-refractivity contribution in [3.8, 4) is 5.75 Å². The molecular weight excluding hydrogens is 542 g/mol. The summed E-state index contributed by atoms with van der Waals surface area (Å²) >= 11 is 0. The van der Waals surface area contributed by atoms with Crippen molar-refractivity contribution in [3.63, 3.8) is 0 Å². The Morgan fingerprint density at radius 1 is 1.12 bits per heavy atom. The Labute approximate surface area is 244 Å². The fourth-order valence-corrected chi connectivity index (χ4v) is 7.92. The van der Waals surface area contributed by atoms with Crippen LogP contribution in [0.15, 0.2) is 29.0 Å². The Morgan fingerprint density at radius 2 is 1.74 bits per heavy atom. The highest BCUT2D eigenvalue weighted by Gasteiger charge is 2.68. The summed E-state index contributed by atoms with van der Waals surface area (Å²) < 4.78 is 0. The molecule has 0 unspecified atom stereocenters. The number of benzene rings is 1. The molecule has 0 spiro atoms. The molecule has 42 heavy (non-hydrogen) atoms. The Morgan fingerprint density at radius 3 is 2.31 bits per heavy atom. The predicted molar refractivity (Wildman–Crippen MR) is 154 cm³/mol. The van der Waals surface area contributed by atoms with E-state index in [0.717, 1.165) is 25.9 Å². The number of hydrogen-bond acceptors (Lipinski definition) is 10. The third-order valence-corrected chi connectivity index (χ3v) is 9.93. The number of nitrogens with two attached hydrogens (primary N) is 1. The summed E-state index contributed by atoms with van der Waals surface area (Å²) in [6, 6.07) is 2.20. The molecule has 1 aromatic rings. The molecule has 6 atom stereocenters. The highest BCUT2D eigenvalue weighted by molar-refractivity contribution is 6.24. The summed E-state index contributed by atoms with van der Waals surface area (Å²) in [5.74, 6) is -8.79. The van der Waals surface area contributed by atoms with E-state index < -0.39 is 75.5 Å². The molecule has 1 heterocycles. The van der Waals surface area contributed by atoms with Crippen LogP contribution in [-0.4, -0.2) is 104 Å². The first-order valence-electron chi connectivity index (χ1n) is 14.5. The van der Waals surface area contributed by atoms with Gasteiger partial charge in [-0.05, 0) is 51.5 Å². The minimum absolute atomic E-state index is 0.0233. The molecule has 5 rings (SSSR count). The number of likely N-dealkylation sites (N-methyl/N-ethyl adjacent to an activating group) is 1. The van der Waals surface area contributed by atoms with E-state index in [0.29, 0.717) is 17.7 Å². The van der Waals surface area contributed by atoms with E-state index in [9.17, 15) is 39.9 Å².